The number of esters is 1. The molecule has 0 aromatic heterocycles. The molecule has 0 aromatic rings. The fourth-order valence-electron chi connectivity index (χ4n) is 6.84. The molecule has 0 spiro atoms. The molecule has 26 heavy (non-hydrogen) atoms. The molecule has 5 nitrogen and oxygen atoms in total. The number of allylic oxidation sites excluding steroid dienone is 1. The zero-order chi connectivity index (χ0) is 18.9. The van der Waals surface area contributed by atoms with Crippen LogP contribution < -0.4 is 0 Å². The fraction of sp³-hybridized carbons (Fsp3) is 0.762. The summed E-state index contributed by atoms with van der Waals surface area (Å²) in [5.41, 5.74) is 0.155. The van der Waals surface area contributed by atoms with E-state index in [1.807, 2.05) is 6.92 Å². The largest absolute Gasteiger partial charge is 0.469 e. The maximum Gasteiger partial charge on any atom is 0.309 e. The molecule has 5 heteroatoms. The van der Waals surface area contributed by atoms with Crippen LogP contribution in [-0.4, -0.2) is 35.9 Å². The summed E-state index contributed by atoms with van der Waals surface area (Å²) in [6.07, 6.45) is 4.54. The lowest BCUT2D eigenvalue weighted by atomic mass is 9.44. The summed E-state index contributed by atoms with van der Waals surface area (Å²) in [5, 5.41) is 11.2. The van der Waals surface area contributed by atoms with Crippen LogP contribution in [0.15, 0.2) is 11.6 Å². The fourth-order valence-corrected chi connectivity index (χ4v) is 6.84. The molecular weight excluding hydrogens is 332 g/mol. The van der Waals surface area contributed by atoms with E-state index >= 15 is 0 Å². The summed E-state index contributed by atoms with van der Waals surface area (Å²) >= 11 is 0. The normalized spacial score (nSPS) is 47.5. The standard InChI is InChI=1S/C21H28O5/c1-20-7-6-12(22)8-11(20)9-13(19(25)26-3)17-14-4-5-16(24)21(14,2)10-15(23)18(17)20/h8,13-15,17-18,23H,4-7,9-10H2,1-3H3/t13-,14+,15?,17+,18?,20+,21+/m1/s1. The quantitative estimate of drug-likeness (QED) is 0.727. The molecule has 142 valence electrons. The number of methoxy groups -OCH3 is 1. The van der Waals surface area contributed by atoms with Crippen molar-refractivity contribution in [3.8, 4) is 0 Å². The number of carbonyl (C=O) groups excluding carboxylic acids is 3. The van der Waals surface area contributed by atoms with Gasteiger partial charge in [-0.25, -0.2) is 0 Å². The molecule has 4 aliphatic rings. The Morgan fingerprint density at radius 1 is 1.23 bits per heavy atom. The molecule has 3 fully saturated rings. The van der Waals surface area contributed by atoms with Crippen molar-refractivity contribution in [1.82, 2.24) is 0 Å². The lowest BCUT2D eigenvalue weighted by Gasteiger charge is -2.60. The SMILES string of the molecule is COC(=O)[C@@H]1CC2=CC(=O)CC[C@]2(C)C2C(O)C[C@]3(C)C(=O)CC[C@H]3[C@@H]21. The highest BCUT2D eigenvalue weighted by Gasteiger charge is 2.65. The van der Waals surface area contributed by atoms with Gasteiger partial charge in [-0.15, -0.1) is 0 Å². The highest BCUT2D eigenvalue weighted by molar-refractivity contribution is 5.92. The summed E-state index contributed by atoms with van der Waals surface area (Å²) in [6.45, 7) is 4.11. The maximum atomic E-state index is 12.7. The lowest BCUT2D eigenvalue weighted by molar-refractivity contribution is -0.172. The first-order valence-electron chi connectivity index (χ1n) is 9.75. The number of aliphatic hydroxyl groups excluding tert-OH is 1. The molecule has 0 aromatic carbocycles. The molecule has 1 N–H and O–H groups in total. The first kappa shape index (κ1) is 17.9. The first-order chi connectivity index (χ1) is 12.2. The Morgan fingerprint density at radius 2 is 1.96 bits per heavy atom. The average molecular weight is 360 g/mol. The number of rotatable bonds is 1. The minimum Gasteiger partial charge on any atom is -0.469 e. The van der Waals surface area contributed by atoms with Crippen molar-refractivity contribution in [1.29, 1.82) is 0 Å². The summed E-state index contributed by atoms with van der Waals surface area (Å²) in [5.74, 6) is -0.429. The molecule has 0 amide bonds. The topological polar surface area (TPSA) is 80.7 Å². The Balaban J connectivity index is 1.85. The highest BCUT2D eigenvalue weighted by atomic mass is 16.5. The Kier molecular flexibility index (Phi) is 3.96. The highest BCUT2D eigenvalue weighted by Crippen LogP contribution is 2.65. The molecular formula is C21H28O5. The van der Waals surface area contributed by atoms with Crippen LogP contribution in [0, 0.1) is 34.5 Å². The van der Waals surface area contributed by atoms with Gasteiger partial charge in [-0.2, -0.15) is 0 Å². The molecule has 0 radical (unpaired) electrons. The van der Waals surface area contributed by atoms with E-state index in [1.165, 1.54) is 7.11 Å². The second-order valence-corrected chi connectivity index (χ2v) is 9.25. The maximum absolute atomic E-state index is 12.7. The summed E-state index contributed by atoms with van der Waals surface area (Å²) < 4.78 is 5.10. The molecule has 4 aliphatic carbocycles. The summed E-state index contributed by atoms with van der Waals surface area (Å²) in [7, 11) is 1.39. The van der Waals surface area contributed by atoms with Crippen molar-refractivity contribution >= 4 is 17.5 Å². The van der Waals surface area contributed by atoms with Crippen LogP contribution in [0.4, 0.5) is 0 Å². The van der Waals surface area contributed by atoms with Crippen molar-refractivity contribution in [2.45, 2.75) is 58.5 Å². The number of hydrogen-bond donors (Lipinski definition) is 1. The Bertz CT molecular complexity index is 709. The third-order valence-corrected chi connectivity index (χ3v) is 8.17. The predicted molar refractivity (Wildman–Crippen MR) is 94.0 cm³/mol. The Morgan fingerprint density at radius 3 is 2.65 bits per heavy atom. The number of ether oxygens (including phenoxy) is 1. The van der Waals surface area contributed by atoms with E-state index in [2.05, 4.69) is 6.92 Å². The molecule has 0 saturated heterocycles. The molecule has 4 rings (SSSR count). The van der Waals surface area contributed by atoms with E-state index < -0.39 is 11.5 Å². The minimum atomic E-state index is -0.641. The third-order valence-electron chi connectivity index (χ3n) is 8.17. The van der Waals surface area contributed by atoms with Gasteiger partial charge < -0.3 is 9.84 Å². The van der Waals surface area contributed by atoms with Crippen LogP contribution in [0.1, 0.15) is 52.4 Å². The lowest BCUT2D eigenvalue weighted by Crippen LogP contribution is -2.60. The molecule has 0 aliphatic heterocycles. The van der Waals surface area contributed by atoms with Crippen LogP contribution >= 0.6 is 0 Å². The molecule has 0 heterocycles. The zero-order valence-electron chi connectivity index (χ0n) is 15.8. The second kappa shape index (κ2) is 5.75. The van der Waals surface area contributed by atoms with Crippen molar-refractivity contribution < 1.29 is 24.2 Å². The van der Waals surface area contributed by atoms with Gasteiger partial charge >= 0.3 is 5.97 Å². The van der Waals surface area contributed by atoms with Crippen molar-refractivity contribution in [2.75, 3.05) is 7.11 Å². The summed E-state index contributed by atoms with van der Waals surface area (Å²) in [6, 6.07) is 0. The van der Waals surface area contributed by atoms with E-state index in [0.29, 0.717) is 32.1 Å². The van der Waals surface area contributed by atoms with E-state index in [0.717, 1.165) is 12.0 Å². The number of ketones is 2. The van der Waals surface area contributed by atoms with Gasteiger partial charge in [-0.1, -0.05) is 19.4 Å². The molecule has 0 bridgehead atoms. The minimum absolute atomic E-state index is 0.0713. The van der Waals surface area contributed by atoms with E-state index in [1.54, 1.807) is 6.08 Å². The van der Waals surface area contributed by atoms with Crippen LogP contribution in [0.5, 0.6) is 0 Å². The average Bonchev–Trinajstić information content (AvgIpc) is 2.88. The van der Waals surface area contributed by atoms with Gasteiger partial charge in [0.2, 0.25) is 0 Å². The number of carbonyl (C=O) groups is 3. The van der Waals surface area contributed by atoms with Gasteiger partial charge in [0.25, 0.3) is 0 Å². The number of aliphatic hydroxyl groups is 1. The van der Waals surface area contributed by atoms with Crippen LogP contribution in [0.25, 0.3) is 0 Å². The number of Topliss-reactive ketones (excluding diaryl/α,β-unsaturated/α-hetero) is 1. The van der Waals surface area contributed by atoms with Crippen LogP contribution in [-0.2, 0) is 19.1 Å². The molecule has 3 saturated carbocycles. The predicted octanol–water partition coefficient (Wildman–Crippen LogP) is 2.46. The summed E-state index contributed by atoms with van der Waals surface area (Å²) in [4.78, 5) is 37.3. The molecule has 7 atom stereocenters. The van der Waals surface area contributed by atoms with Gasteiger partial charge in [0.1, 0.15) is 5.78 Å². The van der Waals surface area contributed by atoms with E-state index in [-0.39, 0.29) is 46.6 Å². The third kappa shape index (κ3) is 2.22. The number of hydrogen-bond acceptors (Lipinski definition) is 5. The van der Waals surface area contributed by atoms with Gasteiger partial charge in [-0.3, -0.25) is 14.4 Å². The van der Waals surface area contributed by atoms with E-state index in [4.69, 9.17) is 4.74 Å². The van der Waals surface area contributed by atoms with Crippen molar-refractivity contribution in [3.05, 3.63) is 11.6 Å². The van der Waals surface area contributed by atoms with Gasteiger partial charge in [0.05, 0.1) is 19.1 Å². The Labute approximate surface area is 154 Å². The monoisotopic (exact) mass is 360 g/mol. The molecule has 2 unspecified atom stereocenters. The Hall–Kier alpha value is -1.49. The van der Waals surface area contributed by atoms with Crippen molar-refractivity contribution in [2.24, 2.45) is 34.5 Å². The van der Waals surface area contributed by atoms with Crippen molar-refractivity contribution in [3.63, 3.8) is 0 Å². The van der Waals surface area contributed by atoms with Gasteiger partial charge in [-0.05, 0) is 54.9 Å². The number of fused-ring (bicyclic) bond motifs is 5. The van der Waals surface area contributed by atoms with Crippen LogP contribution in [0.3, 0.4) is 0 Å². The first-order valence-corrected chi connectivity index (χ1v) is 9.75. The smallest absolute Gasteiger partial charge is 0.309 e. The van der Waals surface area contributed by atoms with Gasteiger partial charge in [0, 0.05) is 18.3 Å². The second-order valence-electron chi connectivity index (χ2n) is 9.25. The van der Waals surface area contributed by atoms with Crippen LogP contribution in [0.2, 0.25) is 0 Å². The van der Waals surface area contributed by atoms with E-state index in [9.17, 15) is 19.5 Å². The zero-order valence-corrected chi connectivity index (χ0v) is 15.8. The van der Waals surface area contributed by atoms with Gasteiger partial charge in [0.15, 0.2) is 5.78 Å².